The van der Waals surface area contributed by atoms with Crippen molar-refractivity contribution in [3.63, 3.8) is 0 Å². The van der Waals surface area contributed by atoms with E-state index in [0.29, 0.717) is 17.9 Å². The van der Waals surface area contributed by atoms with Crippen LogP contribution in [0.4, 0.5) is 22.0 Å². The number of hydrogen-bond donors (Lipinski definition) is 0. The Morgan fingerprint density at radius 1 is 1.07 bits per heavy atom. The molecule has 0 radical (unpaired) electrons. The number of rotatable bonds is 6. The minimum atomic E-state index is -5.14. The van der Waals surface area contributed by atoms with E-state index in [1.54, 1.807) is 13.0 Å². The molecule has 0 aliphatic heterocycles. The Bertz CT molecular complexity index is 991. The lowest BCUT2D eigenvalue weighted by atomic mass is 10.0. The zero-order chi connectivity index (χ0) is 21.1. The Morgan fingerprint density at radius 2 is 1.56 bits per heavy atom. The van der Waals surface area contributed by atoms with Crippen LogP contribution in [0.25, 0.3) is 24.8 Å². The summed E-state index contributed by atoms with van der Waals surface area (Å²) in [6.45, 7) is 19.1. The molecule has 1 rings (SSSR count). The summed E-state index contributed by atoms with van der Waals surface area (Å²) in [7, 11) is 0. The molecule has 0 aromatic carbocycles. The number of ether oxygens (including phenoxy) is 1. The van der Waals surface area contributed by atoms with Gasteiger partial charge in [0.15, 0.2) is 22.4 Å². The van der Waals surface area contributed by atoms with Crippen LogP contribution in [-0.2, 0) is 4.74 Å². The molecule has 0 bridgehead atoms. The second-order valence-electron chi connectivity index (χ2n) is 6.31. The Morgan fingerprint density at radius 3 is 2.00 bits per heavy atom. The molecule has 0 aliphatic carbocycles. The monoisotopic (exact) mass is 388 g/mol. The first-order valence-electron chi connectivity index (χ1n) is 7.94. The van der Waals surface area contributed by atoms with Crippen LogP contribution < -0.4 is 21.3 Å². The SMILES string of the molecule is C=C(OC(F)(F)F)/C(F)=c1/o/c(=C(\F)C(=C)/C(C)=C/CC(C)C)c(=C)c1=C. The van der Waals surface area contributed by atoms with Crippen LogP contribution in [0.15, 0.2) is 40.6 Å². The number of allylic oxidation sites excluding steroid dienone is 4. The molecule has 1 heterocycles. The van der Waals surface area contributed by atoms with Crippen LogP contribution in [0.5, 0.6) is 0 Å². The number of hydrogen-bond acceptors (Lipinski definition) is 2. The van der Waals surface area contributed by atoms with E-state index in [2.05, 4.69) is 31.1 Å². The summed E-state index contributed by atoms with van der Waals surface area (Å²) in [6.07, 6.45) is -2.66. The highest BCUT2D eigenvalue weighted by Gasteiger charge is 2.33. The minimum absolute atomic E-state index is 0.00775. The smallest absolute Gasteiger partial charge is 0.450 e. The van der Waals surface area contributed by atoms with E-state index in [0.717, 1.165) is 0 Å². The highest BCUT2D eigenvalue weighted by Crippen LogP contribution is 2.24. The third-order valence-corrected chi connectivity index (χ3v) is 3.64. The summed E-state index contributed by atoms with van der Waals surface area (Å²) in [4.78, 5) is 0. The summed E-state index contributed by atoms with van der Waals surface area (Å²) >= 11 is 0. The Labute approximate surface area is 153 Å². The van der Waals surface area contributed by atoms with Crippen molar-refractivity contribution in [1.29, 1.82) is 0 Å². The number of alkyl halides is 3. The Kier molecular flexibility index (Phi) is 7.00. The van der Waals surface area contributed by atoms with E-state index in [1.807, 2.05) is 13.8 Å². The fraction of sp³-hybridized carbons (Fsp3) is 0.300. The molecule has 27 heavy (non-hydrogen) atoms. The van der Waals surface area contributed by atoms with Crippen LogP contribution in [0.2, 0.25) is 0 Å². The molecule has 0 atom stereocenters. The number of halogens is 5. The molecular formula is C20H21F5O2. The normalized spacial score (nSPS) is 14.9. The molecule has 0 spiro atoms. The predicted octanol–water partition coefficient (Wildman–Crippen LogP) is 3.85. The van der Waals surface area contributed by atoms with Gasteiger partial charge in [0.25, 0.3) is 0 Å². The summed E-state index contributed by atoms with van der Waals surface area (Å²) in [6, 6.07) is 0. The highest BCUT2D eigenvalue weighted by atomic mass is 19.4. The van der Waals surface area contributed by atoms with Crippen molar-refractivity contribution >= 4 is 24.8 Å². The first-order chi connectivity index (χ1) is 12.3. The largest absolute Gasteiger partial charge is 0.573 e. The van der Waals surface area contributed by atoms with E-state index in [9.17, 15) is 22.0 Å². The van der Waals surface area contributed by atoms with Crippen molar-refractivity contribution in [2.24, 2.45) is 5.92 Å². The molecule has 1 aromatic rings. The van der Waals surface area contributed by atoms with Gasteiger partial charge in [0, 0.05) is 16.0 Å². The molecule has 148 valence electrons. The molecule has 2 nitrogen and oxygen atoms in total. The molecule has 0 aliphatic rings. The first kappa shape index (κ1) is 22.5. The van der Waals surface area contributed by atoms with E-state index < -0.39 is 34.6 Å². The van der Waals surface area contributed by atoms with Gasteiger partial charge in [-0.05, 0) is 24.8 Å². The van der Waals surface area contributed by atoms with E-state index >= 15 is 0 Å². The van der Waals surface area contributed by atoms with Gasteiger partial charge in [0.2, 0.25) is 5.83 Å². The molecule has 0 fully saturated rings. The van der Waals surface area contributed by atoms with Crippen molar-refractivity contribution < 1.29 is 31.1 Å². The second kappa shape index (κ2) is 8.41. The number of furan rings is 1. The van der Waals surface area contributed by atoms with Gasteiger partial charge in [0.1, 0.15) is 0 Å². The summed E-state index contributed by atoms with van der Waals surface area (Å²) < 4.78 is 74.1. The average molecular weight is 388 g/mol. The van der Waals surface area contributed by atoms with Crippen LogP contribution in [0, 0.1) is 5.92 Å². The average Bonchev–Trinajstić information content (AvgIpc) is 2.84. The molecule has 0 saturated carbocycles. The van der Waals surface area contributed by atoms with Gasteiger partial charge in [-0.15, -0.1) is 13.2 Å². The van der Waals surface area contributed by atoms with Gasteiger partial charge >= 0.3 is 6.36 Å². The quantitative estimate of drug-likeness (QED) is 0.420. The topological polar surface area (TPSA) is 22.4 Å². The van der Waals surface area contributed by atoms with E-state index in [-0.39, 0.29) is 16.0 Å². The second-order valence-corrected chi connectivity index (χ2v) is 6.31. The summed E-state index contributed by atoms with van der Waals surface area (Å²) in [5.74, 6) is -3.45. The predicted molar refractivity (Wildman–Crippen MR) is 95.9 cm³/mol. The van der Waals surface area contributed by atoms with Gasteiger partial charge in [-0.25, -0.2) is 4.39 Å². The third kappa shape index (κ3) is 5.70. The maximum absolute atomic E-state index is 14.7. The molecule has 7 heteroatoms. The minimum Gasteiger partial charge on any atom is -0.450 e. The zero-order valence-electron chi connectivity index (χ0n) is 15.4. The van der Waals surface area contributed by atoms with E-state index in [1.165, 1.54) is 0 Å². The Balaban J connectivity index is 3.54. The van der Waals surface area contributed by atoms with E-state index in [4.69, 9.17) is 4.42 Å². The molecule has 0 saturated heterocycles. The fourth-order valence-electron chi connectivity index (χ4n) is 2.01. The maximum Gasteiger partial charge on any atom is 0.573 e. The molecule has 0 N–H and O–H groups in total. The van der Waals surface area contributed by atoms with Gasteiger partial charge in [-0.2, -0.15) is 4.39 Å². The third-order valence-electron chi connectivity index (χ3n) is 3.64. The first-order valence-corrected chi connectivity index (χ1v) is 7.94. The lowest BCUT2D eigenvalue weighted by Crippen LogP contribution is -2.36. The highest BCUT2D eigenvalue weighted by molar-refractivity contribution is 5.63. The lowest BCUT2D eigenvalue weighted by molar-refractivity contribution is -0.303. The van der Waals surface area contributed by atoms with Gasteiger partial charge in [-0.3, -0.25) is 0 Å². The van der Waals surface area contributed by atoms with Crippen LogP contribution in [0.1, 0.15) is 27.2 Å². The zero-order valence-corrected chi connectivity index (χ0v) is 15.4. The molecule has 0 amide bonds. The van der Waals surface area contributed by atoms with Crippen molar-refractivity contribution in [2.45, 2.75) is 33.6 Å². The van der Waals surface area contributed by atoms with Gasteiger partial charge < -0.3 is 9.15 Å². The molecule has 0 unspecified atom stereocenters. The van der Waals surface area contributed by atoms with Crippen LogP contribution in [-0.4, -0.2) is 6.36 Å². The lowest BCUT2D eigenvalue weighted by Gasteiger charge is -2.08. The summed E-state index contributed by atoms with van der Waals surface area (Å²) in [5.41, 5.74) is -0.673. The molecule has 1 aromatic heterocycles. The van der Waals surface area contributed by atoms with Crippen molar-refractivity contribution in [2.75, 3.05) is 0 Å². The van der Waals surface area contributed by atoms with Crippen molar-refractivity contribution in [3.05, 3.63) is 57.4 Å². The van der Waals surface area contributed by atoms with Gasteiger partial charge in [-0.1, -0.05) is 46.2 Å². The molecular weight excluding hydrogens is 367 g/mol. The van der Waals surface area contributed by atoms with Crippen molar-refractivity contribution in [1.82, 2.24) is 0 Å². The summed E-state index contributed by atoms with van der Waals surface area (Å²) in [5, 5.41) is -0.337. The maximum atomic E-state index is 14.7. The van der Waals surface area contributed by atoms with Crippen LogP contribution in [0.3, 0.4) is 0 Å². The Hall–Kier alpha value is -2.57. The fourth-order valence-corrected chi connectivity index (χ4v) is 2.01. The van der Waals surface area contributed by atoms with Crippen LogP contribution >= 0.6 is 0 Å². The van der Waals surface area contributed by atoms with Crippen molar-refractivity contribution in [3.8, 4) is 0 Å². The van der Waals surface area contributed by atoms with Gasteiger partial charge in [0.05, 0.1) is 0 Å². The standard InChI is InChI=1S/C20H21F5O2/c1-10(2)8-9-11(3)12(4)16(21)18-13(5)14(6)19(26-18)17(22)15(7)27-20(23,24)25/h9-10H,4-8H2,1-3H3/b11-9+,18-16-,19-17-.